The van der Waals surface area contributed by atoms with Crippen LogP contribution in [-0.2, 0) is 22.4 Å². The maximum absolute atomic E-state index is 12.0. The van der Waals surface area contributed by atoms with E-state index >= 15 is 0 Å². The van der Waals surface area contributed by atoms with Crippen molar-refractivity contribution in [3.63, 3.8) is 0 Å². The van der Waals surface area contributed by atoms with Gasteiger partial charge in [-0.2, -0.15) is 0 Å². The fourth-order valence-corrected chi connectivity index (χ4v) is 3.50. The molecule has 0 spiro atoms. The van der Waals surface area contributed by atoms with E-state index in [0.29, 0.717) is 55.3 Å². The Bertz CT molecular complexity index is 833. The molecule has 150 valence electrons. The largest absolute Gasteiger partial charge is 0.496 e. The number of hydrogen-bond donors (Lipinski definition) is 0. The van der Waals surface area contributed by atoms with E-state index < -0.39 is 0 Å². The van der Waals surface area contributed by atoms with Gasteiger partial charge in [0, 0.05) is 6.42 Å². The zero-order valence-electron chi connectivity index (χ0n) is 16.8. The zero-order valence-corrected chi connectivity index (χ0v) is 16.8. The summed E-state index contributed by atoms with van der Waals surface area (Å²) in [5, 5.41) is 0. The van der Waals surface area contributed by atoms with E-state index in [1.807, 2.05) is 24.3 Å². The van der Waals surface area contributed by atoms with Crippen LogP contribution in [0.1, 0.15) is 24.0 Å². The molecule has 4 rings (SSSR count). The molecule has 0 saturated heterocycles. The molecule has 0 unspecified atom stereocenters. The molecule has 6 heteroatoms. The van der Waals surface area contributed by atoms with Crippen molar-refractivity contribution >= 4 is 5.97 Å². The molecule has 2 heterocycles. The van der Waals surface area contributed by atoms with Crippen LogP contribution < -0.4 is 18.9 Å². The molecule has 28 heavy (non-hydrogen) atoms. The van der Waals surface area contributed by atoms with Crippen LogP contribution in [0, 0.1) is 0 Å². The predicted octanol–water partition coefficient (Wildman–Crippen LogP) is 3.81. The highest BCUT2D eigenvalue weighted by Crippen LogP contribution is 2.45. The van der Waals surface area contributed by atoms with Crippen molar-refractivity contribution in [1.29, 1.82) is 0 Å². The molecule has 2 aliphatic heterocycles. The van der Waals surface area contributed by atoms with Gasteiger partial charge in [-0.1, -0.05) is 0 Å². The molecule has 2 aliphatic rings. The highest BCUT2D eigenvalue weighted by molar-refractivity contribution is 5.82. The molecule has 0 fully saturated rings. The standard InChI is InChI=1S/C22H26O6/c1-24-17-12-15-6-5-9-28-21(23)8-7-14-10-19(26-3)22(20(11-14)27-4)16(15)13-18(17)25-2/h10-13H,5-9H2,1-4H3. The van der Waals surface area contributed by atoms with Crippen molar-refractivity contribution in [3.05, 3.63) is 35.4 Å². The molecule has 0 aromatic heterocycles. The van der Waals surface area contributed by atoms with Gasteiger partial charge < -0.3 is 23.7 Å². The number of ether oxygens (including phenoxy) is 5. The average molecular weight is 386 g/mol. The number of rotatable bonds is 4. The highest BCUT2D eigenvalue weighted by atomic mass is 16.5. The maximum Gasteiger partial charge on any atom is 0.306 e. The fraction of sp³-hybridized carbons (Fsp3) is 0.409. The van der Waals surface area contributed by atoms with Crippen molar-refractivity contribution in [2.45, 2.75) is 25.7 Å². The lowest BCUT2D eigenvalue weighted by Gasteiger charge is -2.20. The van der Waals surface area contributed by atoms with Crippen LogP contribution >= 0.6 is 0 Å². The number of fused-ring (bicyclic) bond motifs is 8. The van der Waals surface area contributed by atoms with Crippen molar-refractivity contribution in [2.75, 3.05) is 35.0 Å². The Hall–Kier alpha value is -2.89. The van der Waals surface area contributed by atoms with E-state index in [2.05, 4.69) is 0 Å². The number of carbonyl (C=O) groups excluding carboxylic acids is 1. The fourth-order valence-electron chi connectivity index (χ4n) is 3.50. The summed E-state index contributed by atoms with van der Waals surface area (Å²) in [7, 11) is 6.49. The van der Waals surface area contributed by atoms with Crippen molar-refractivity contribution in [2.24, 2.45) is 0 Å². The first-order chi connectivity index (χ1) is 13.6. The number of aryl methyl sites for hydroxylation is 2. The average Bonchev–Trinajstić information content (AvgIpc) is 2.75. The molecule has 2 aromatic carbocycles. The summed E-state index contributed by atoms with van der Waals surface area (Å²) < 4.78 is 27.8. The van der Waals surface area contributed by atoms with E-state index in [0.717, 1.165) is 22.3 Å². The third kappa shape index (κ3) is 4.01. The van der Waals surface area contributed by atoms with Crippen LogP contribution in [-0.4, -0.2) is 41.0 Å². The summed E-state index contributed by atoms with van der Waals surface area (Å²) in [6.45, 7) is 0.381. The van der Waals surface area contributed by atoms with Crippen LogP contribution in [0.4, 0.5) is 0 Å². The molecule has 0 radical (unpaired) electrons. The summed E-state index contributed by atoms with van der Waals surface area (Å²) in [4.78, 5) is 12.0. The van der Waals surface area contributed by atoms with Crippen LogP contribution in [0.3, 0.4) is 0 Å². The van der Waals surface area contributed by atoms with Gasteiger partial charge in [0.2, 0.25) is 0 Å². The van der Waals surface area contributed by atoms with E-state index in [4.69, 9.17) is 23.7 Å². The van der Waals surface area contributed by atoms with Crippen LogP contribution in [0.15, 0.2) is 24.3 Å². The normalized spacial score (nSPS) is 14.1. The Balaban J connectivity index is 2.26. The van der Waals surface area contributed by atoms with E-state index in [1.54, 1.807) is 28.4 Å². The molecule has 0 N–H and O–H groups in total. The molecular weight excluding hydrogens is 360 g/mol. The van der Waals surface area contributed by atoms with Gasteiger partial charge >= 0.3 is 5.97 Å². The van der Waals surface area contributed by atoms with Crippen molar-refractivity contribution in [3.8, 4) is 34.1 Å². The van der Waals surface area contributed by atoms with Crippen molar-refractivity contribution < 1.29 is 28.5 Å². The first-order valence-electron chi connectivity index (χ1n) is 9.27. The van der Waals surface area contributed by atoms with Crippen LogP contribution in [0.2, 0.25) is 0 Å². The number of esters is 1. The van der Waals surface area contributed by atoms with Crippen LogP contribution in [0.5, 0.6) is 23.0 Å². The molecule has 0 aliphatic carbocycles. The molecule has 0 amide bonds. The van der Waals surface area contributed by atoms with Crippen molar-refractivity contribution in [1.82, 2.24) is 0 Å². The number of methoxy groups -OCH3 is 4. The minimum absolute atomic E-state index is 0.200. The van der Waals surface area contributed by atoms with Gasteiger partial charge in [0.1, 0.15) is 11.5 Å². The number of hydrogen-bond acceptors (Lipinski definition) is 6. The second kappa shape index (κ2) is 8.87. The Labute approximate surface area is 165 Å². The third-order valence-electron chi connectivity index (χ3n) is 4.92. The molecule has 2 aromatic rings. The second-order valence-corrected chi connectivity index (χ2v) is 6.56. The lowest BCUT2D eigenvalue weighted by atomic mass is 9.93. The summed E-state index contributed by atoms with van der Waals surface area (Å²) >= 11 is 0. The SMILES string of the molecule is COc1cc2c(cc1OC)-c1c(OC)cc(cc1OC)CCC(=O)OCCC2. The monoisotopic (exact) mass is 386 g/mol. The van der Waals surface area contributed by atoms with Gasteiger partial charge in [0.15, 0.2) is 11.5 Å². The molecule has 6 nitrogen and oxygen atoms in total. The summed E-state index contributed by atoms with van der Waals surface area (Å²) in [5.41, 5.74) is 3.80. The Morgan fingerprint density at radius 3 is 1.96 bits per heavy atom. The molecular formula is C22H26O6. The van der Waals surface area contributed by atoms with Gasteiger partial charge in [0.05, 0.1) is 40.6 Å². The number of carbonyl (C=O) groups is 1. The third-order valence-corrected chi connectivity index (χ3v) is 4.92. The topological polar surface area (TPSA) is 63.2 Å². The molecule has 2 bridgehead atoms. The minimum Gasteiger partial charge on any atom is -0.496 e. The van der Waals surface area contributed by atoms with E-state index in [-0.39, 0.29) is 5.97 Å². The highest BCUT2D eigenvalue weighted by Gasteiger charge is 2.21. The molecule has 0 atom stereocenters. The predicted molar refractivity (Wildman–Crippen MR) is 106 cm³/mol. The summed E-state index contributed by atoms with van der Waals surface area (Å²) in [6.07, 6.45) is 2.29. The Morgan fingerprint density at radius 2 is 1.36 bits per heavy atom. The van der Waals surface area contributed by atoms with E-state index in [1.165, 1.54) is 0 Å². The van der Waals surface area contributed by atoms with Gasteiger partial charge in [-0.05, 0) is 60.2 Å². The minimum atomic E-state index is -0.200. The zero-order chi connectivity index (χ0) is 20.1. The lowest BCUT2D eigenvalue weighted by molar-refractivity contribution is -0.143. The smallest absolute Gasteiger partial charge is 0.306 e. The second-order valence-electron chi connectivity index (χ2n) is 6.56. The Morgan fingerprint density at radius 1 is 0.750 bits per heavy atom. The van der Waals surface area contributed by atoms with Gasteiger partial charge in [-0.25, -0.2) is 0 Å². The number of benzene rings is 2. The van der Waals surface area contributed by atoms with Gasteiger partial charge in [0.25, 0.3) is 0 Å². The first kappa shape index (κ1) is 19.9. The Kier molecular flexibility index (Phi) is 6.29. The summed E-state index contributed by atoms with van der Waals surface area (Å²) in [6, 6.07) is 7.80. The van der Waals surface area contributed by atoms with Gasteiger partial charge in [-0.15, -0.1) is 0 Å². The summed E-state index contributed by atoms with van der Waals surface area (Å²) in [5.74, 6) is 2.46. The quantitative estimate of drug-likeness (QED) is 0.745. The maximum atomic E-state index is 12.0. The lowest BCUT2D eigenvalue weighted by Crippen LogP contribution is -2.07. The van der Waals surface area contributed by atoms with Gasteiger partial charge in [-0.3, -0.25) is 4.79 Å². The molecule has 0 saturated carbocycles. The van der Waals surface area contributed by atoms with E-state index in [9.17, 15) is 4.79 Å². The van der Waals surface area contributed by atoms with Crippen LogP contribution in [0.25, 0.3) is 11.1 Å². The first-order valence-corrected chi connectivity index (χ1v) is 9.27.